The second-order valence-corrected chi connectivity index (χ2v) is 5.08. The molecule has 0 unspecified atom stereocenters. The van der Waals surface area contributed by atoms with Crippen LogP contribution in [-0.4, -0.2) is 30.3 Å². The number of nitrogens with zero attached hydrogens (tertiary/aromatic N) is 1. The number of anilines is 1. The highest BCUT2D eigenvalue weighted by Gasteiger charge is 2.28. The monoisotopic (exact) mass is 263 g/mol. The number of carbonyl (C=O) groups excluding carboxylic acids is 1. The molecule has 1 aromatic heterocycles. The van der Waals surface area contributed by atoms with Gasteiger partial charge in [-0.25, -0.2) is 9.78 Å². The number of aromatic nitrogens is 1. The molecule has 1 fully saturated rings. The van der Waals surface area contributed by atoms with Crippen molar-refractivity contribution in [3.8, 4) is 0 Å². The summed E-state index contributed by atoms with van der Waals surface area (Å²) >= 11 is 0. The van der Waals surface area contributed by atoms with E-state index in [2.05, 4.69) is 15.6 Å². The van der Waals surface area contributed by atoms with Gasteiger partial charge < -0.3 is 10.1 Å². The van der Waals surface area contributed by atoms with Gasteiger partial charge in [-0.15, -0.1) is 0 Å². The molecule has 0 bridgehead atoms. The molecular formula is C14H21N3O2. The number of nitrogens with one attached hydrogen (secondary N) is 2. The van der Waals surface area contributed by atoms with E-state index in [1.165, 1.54) is 0 Å². The number of methoxy groups -OCH3 is 1. The van der Waals surface area contributed by atoms with Gasteiger partial charge in [-0.1, -0.05) is 0 Å². The molecule has 1 aliphatic rings. The van der Waals surface area contributed by atoms with Gasteiger partial charge in [-0.05, 0) is 50.8 Å². The van der Waals surface area contributed by atoms with Gasteiger partial charge in [-0.3, -0.25) is 5.32 Å². The van der Waals surface area contributed by atoms with Crippen molar-refractivity contribution in [2.45, 2.75) is 45.3 Å². The Labute approximate surface area is 113 Å². The molecule has 104 valence electrons. The molecule has 1 aromatic rings. The Bertz CT molecular complexity index is 442. The highest BCUT2D eigenvalue weighted by Crippen LogP contribution is 2.21. The maximum Gasteiger partial charge on any atom is 0.320 e. The van der Waals surface area contributed by atoms with E-state index >= 15 is 0 Å². The minimum Gasteiger partial charge on any atom is -0.379 e. The number of rotatable bonds is 3. The van der Waals surface area contributed by atoms with Gasteiger partial charge in [0.15, 0.2) is 0 Å². The molecule has 0 saturated heterocycles. The van der Waals surface area contributed by atoms with Crippen LogP contribution in [0.3, 0.4) is 0 Å². The molecule has 1 aliphatic carbocycles. The van der Waals surface area contributed by atoms with Crippen LogP contribution in [0.4, 0.5) is 10.6 Å². The first-order chi connectivity index (χ1) is 9.08. The Morgan fingerprint density at radius 2 is 2.16 bits per heavy atom. The zero-order valence-electron chi connectivity index (χ0n) is 11.7. The fraction of sp³-hybridized carbons (Fsp3) is 0.571. The lowest BCUT2D eigenvalue weighted by molar-refractivity contribution is 0.0882. The van der Waals surface area contributed by atoms with Gasteiger partial charge in [-0.2, -0.15) is 0 Å². The van der Waals surface area contributed by atoms with Crippen LogP contribution in [0.25, 0.3) is 0 Å². The minimum atomic E-state index is -0.216. The van der Waals surface area contributed by atoms with E-state index in [9.17, 15) is 4.79 Å². The van der Waals surface area contributed by atoms with Crippen molar-refractivity contribution in [1.29, 1.82) is 0 Å². The lowest BCUT2D eigenvalue weighted by Crippen LogP contribution is -2.43. The van der Waals surface area contributed by atoms with Gasteiger partial charge in [0.1, 0.15) is 5.82 Å². The number of hydrogen-bond donors (Lipinski definition) is 2. The van der Waals surface area contributed by atoms with Crippen LogP contribution < -0.4 is 10.6 Å². The fourth-order valence-electron chi connectivity index (χ4n) is 2.60. The van der Waals surface area contributed by atoms with Crippen LogP contribution in [0.5, 0.6) is 0 Å². The number of hydrogen-bond acceptors (Lipinski definition) is 3. The summed E-state index contributed by atoms with van der Waals surface area (Å²) in [6.07, 6.45) is 3.18. The van der Waals surface area contributed by atoms with Gasteiger partial charge in [0.05, 0.1) is 12.1 Å². The lowest BCUT2D eigenvalue weighted by Gasteiger charge is -2.19. The Morgan fingerprint density at radius 3 is 2.84 bits per heavy atom. The summed E-state index contributed by atoms with van der Waals surface area (Å²) in [5.74, 6) is 0.585. The Hall–Kier alpha value is -1.62. The van der Waals surface area contributed by atoms with Crippen LogP contribution in [-0.2, 0) is 4.74 Å². The van der Waals surface area contributed by atoms with Crippen molar-refractivity contribution < 1.29 is 9.53 Å². The zero-order chi connectivity index (χ0) is 13.8. The summed E-state index contributed by atoms with van der Waals surface area (Å²) in [6, 6.07) is 3.71. The van der Waals surface area contributed by atoms with E-state index in [0.29, 0.717) is 5.82 Å². The molecule has 1 heterocycles. The molecule has 0 aromatic carbocycles. The van der Waals surface area contributed by atoms with E-state index in [0.717, 1.165) is 30.5 Å². The number of amides is 2. The maximum atomic E-state index is 11.9. The van der Waals surface area contributed by atoms with Crippen molar-refractivity contribution in [1.82, 2.24) is 10.3 Å². The average Bonchev–Trinajstić information content (AvgIpc) is 2.74. The summed E-state index contributed by atoms with van der Waals surface area (Å²) in [5.41, 5.74) is 1.98. The predicted molar refractivity (Wildman–Crippen MR) is 74.3 cm³/mol. The third-order valence-corrected chi connectivity index (χ3v) is 3.41. The first kappa shape index (κ1) is 13.8. The number of urea groups is 1. The Balaban J connectivity index is 1.93. The topological polar surface area (TPSA) is 63.2 Å². The highest BCUT2D eigenvalue weighted by atomic mass is 16.5. The van der Waals surface area contributed by atoms with Crippen molar-refractivity contribution in [2.24, 2.45) is 0 Å². The first-order valence-electron chi connectivity index (χ1n) is 6.64. The zero-order valence-corrected chi connectivity index (χ0v) is 11.7. The second-order valence-electron chi connectivity index (χ2n) is 5.08. The lowest BCUT2D eigenvalue weighted by atomic mass is 10.2. The standard InChI is InChI=1S/C14H21N3O2/c1-9-7-10(2)15-13(8-9)17-14(18)16-11-5-4-6-12(11)19-3/h7-8,11-12H,4-6H2,1-3H3,(H2,15,16,17,18)/t11-,12+/m0/s1. The maximum absolute atomic E-state index is 11.9. The number of ether oxygens (including phenoxy) is 1. The van der Waals surface area contributed by atoms with E-state index < -0.39 is 0 Å². The van der Waals surface area contributed by atoms with E-state index in [1.54, 1.807) is 7.11 Å². The summed E-state index contributed by atoms with van der Waals surface area (Å²) in [4.78, 5) is 16.2. The van der Waals surface area contributed by atoms with Gasteiger partial charge in [0.2, 0.25) is 0 Å². The van der Waals surface area contributed by atoms with Crippen LogP contribution in [0, 0.1) is 13.8 Å². The molecule has 2 atom stereocenters. The average molecular weight is 263 g/mol. The highest BCUT2D eigenvalue weighted by molar-refractivity contribution is 5.88. The minimum absolute atomic E-state index is 0.0934. The molecular weight excluding hydrogens is 242 g/mol. The number of pyridine rings is 1. The molecule has 1 saturated carbocycles. The molecule has 2 amide bonds. The van der Waals surface area contributed by atoms with Gasteiger partial charge >= 0.3 is 6.03 Å². The molecule has 0 radical (unpaired) electrons. The molecule has 0 spiro atoms. The third kappa shape index (κ3) is 3.67. The van der Waals surface area contributed by atoms with E-state index in [4.69, 9.17) is 4.74 Å². The smallest absolute Gasteiger partial charge is 0.320 e. The fourth-order valence-corrected chi connectivity index (χ4v) is 2.60. The molecule has 2 rings (SSSR count). The second kappa shape index (κ2) is 6.02. The largest absolute Gasteiger partial charge is 0.379 e. The van der Waals surface area contributed by atoms with Crippen LogP contribution in [0.1, 0.15) is 30.5 Å². The van der Waals surface area contributed by atoms with Gasteiger partial charge in [0.25, 0.3) is 0 Å². The van der Waals surface area contributed by atoms with Gasteiger partial charge in [0, 0.05) is 12.8 Å². The van der Waals surface area contributed by atoms with Crippen molar-refractivity contribution in [3.63, 3.8) is 0 Å². The Morgan fingerprint density at radius 1 is 1.37 bits per heavy atom. The molecule has 0 aliphatic heterocycles. The summed E-state index contributed by atoms with van der Waals surface area (Å²) < 4.78 is 5.35. The SMILES string of the molecule is CO[C@@H]1CCC[C@@H]1NC(=O)Nc1cc(C)cc(C)n1. The van der Waals surface area contributed by atoms with Crippen LogP contribution in [0.2, 0.25) is 0 Å². The van der Waals surface area contributed by atoms with Crippen molar-refractivity contribution >= 4 is 11.8 Å². The number of carbonyl (C=O) groups is 1. The molecule has 5 nitrogen and oxygen atoms in total. The quantitative estimate of drug-likeness (QED) is 0.880. The van der Waals surface area contributed by atoms with Crippen molar-refractivity contribution in [3.05, 3.63) is 23.4 Å². The summed E-state index contributed by atoms with van der Waals surface area (Å²) in [6.45, 7) is 3.89. The normalized spacial score (nSPS) is 22.3. The summed E-state index contributed by atoms with van der Waals surface area (Å²) in [7, 11) is 1.69. The summed E-state index contributed by atoms with van der Waals surface area (Å²) in [5, 5.41) is 5.73. The van der Waals surface area contributed by atoms with Crippen LogP contribution in [0.15, 0.2) is 12.1 Å². The third-order valence-electron chi connectivity index (χ3n) is 3.41. The predicted octanol–water partition coefficient (Wildman–Crippen LogP) is 2.39. The molecule has 2 N–H and O–H groups in total. The number of aryl methyl sites for hydroxylation is 2. The van der Waals surface area contributed by atoms with Crippen LogP contribution >= 0.6 is 0 Å². The van der Waals surface area contributed by atoms with E-state index in [1.807, 2.05) is 26.0 Å². The van der Waals surface area contributed by atoms with Crippen molar-refractivity contribution in [2.75, 3.05) is 12.4 Å². The van der Waals surface area contributed by atoms with E-state index in [-0.39, 0.29) is 18.2 Å². The Kier molecular flexibility index (Phi) is 4.37. The first-order valence-corrected chi connectivity index (χ1v) is 6.64. The molecule has 5 heteroatoms. The molecule has 19 heavy (non-hydrogen) atoms.